The summed E-state index contributed by atoms with van der Waals surface area (Å²) in [6.45, 7) is 8.57. The Balaban J connectivity index is 1.19. The highest BCUT2D eigenvalue weighted by Gasteiger charge is 2.28. The van der Waals surface area contributed by atoms with Crippen LogP contribution in [0.1, 0.15) is 34.3 Å². The maximum atomic E-state index is 12.9. The predicted octanol–water partition coefficient (Wildman–Crippen LogP) is 3.24. The van der Waals surface area contributed by atoms with Gasteiger partial charge in [0.05, 0.1) is 13.7 Å². The molecule has 0 atom stereocenters. The number of ether oxygens (including phenoxy) is 1. The number of carbonyl (C=O) groups is 2. The number of hydrogen-bond donors (Lipinski definition) is 0. The van der Waals surface area contributed by atoms with Crippen molar-refractivity contribution in [3.05, 3.63) is 65.2 Å². The van der Waals surface area contributed by atoms with Crippen molar-refractivity contribution >= 4 is 11.7 Å². The van der Waals surface area contributed by atoms with Crippen molar-refractivity contribution in [3.63, 3.8) is 0 Å². The number of methoxy groups -OCH3 is 1. The summed E-state index contributed by atoms with van der Waals surface area (Å²) in [6.07, 6.45) is 1.62. The van der Waals surface area contributed by atoms with Crippen LogP contribution in [0.25, 0.3) is 0 Å². The number of piperazine rings is 1. The third-order valence-corrected chi connectivity index (χ3v) is 7.07. The predicted molar refractivity (Wildman–Crippen MR) is 130 cm³/mol. The molecule has 0 spiro atoms. The van der Waals surface area contributed by atoms with Crippen molar-refractivity contribution in [1.82, 2.24) is 14.7 Å². The van der Waals surface area contributed by atoms with Crippen molar-refractivity contribution in [2.24, 2.45) is 5.92 Å². The Morgan fingerprint density at radius 3 is 2.18 bits per heavy atom. The fourth-order valence-corrected chi connectivity index (χ4v) is 4.82. The molecule has 4 rings (SSSR count). The summed E-state index contributed by atoms with van der Waals surface area (Å²) >= 11 is 0. The zero-order chi connectivity index (χ0) is 23.2. The molecule has 0 bridgehead atoms. The SMILES string of the molecule is COc1ccc(C(=O)C2CCN(CC(=O)N3CCN(Cc4ccccc4C)CC3)CC2)cc1. The number of aryl methyl sites for hydroxylation is 1. The van der Waals surface area contributed by atoms with E-state index in [4.69, 9.17) is 4.74 Å². The summed E-state index contributed by atoms with van der Waals surface area (Å²) in [4.78, 5) is 32.3. The second-order valence-electron chi connectivity index (χ2n) is 9.23. The Labute approximate surface area is 197 Å². The first-order chi connectivity index (χ1) is 16.0. The molecular formula is C27H35N3O3. The summed E-state index contributed by atoms with van der Waals surface area (Å²) in [5.41, 5.74) is 3.43. The van der Waals surface area contributed by atoms with Gasteiger partial charge in [-0.3, -0.25) is 19.4 Å². The van der Waals surface area contributed by atoms with Gasteiger partial charge in [-0.15, -0.1) is 0 Å². The maximum absolute atomic E-state index is 12.9. The molecule has 1 amide bonds. The van der Waals surface area contributed by atoms with Gasteiger partial charge in [0, 0.05) is 44.2 Å². The van der Waals surface area contributed by atoms with Gasteiger partial charge >= 0.3 is 0 Å². The van der Waals surface area contributed by atoms with Crippen molar-refractivity contribution in [2.75, 3.05) is 52.9 Å². The molecule has 2 fully saturated rings. The standard InChI is InChI=1S/C27H35N3O3/c1-21-5-3-4-6-24(21)19-29-15-17-30(18-16-29)26(31)20-28-13-11-23(12-14-28)27(32)22-7-9-25(33-2)10-8-22/h3-10,23H,11-20H2,1-2H3. The number of piperidine rings is 1. The highest BCUT2D eigenvalue weighted by atomic mass is 16.5. The molecule has 2 saturated heterocycles. The van der Waals surface area contributed by atoms with E-state index in [1.54, 1.807) is 7.11 Å². The second kappa shape index (κ2) is 10.9. The van der Waals surface area contributed by atoms with Crippen molar-refractivity contribution in [1.29, 1.82) is 0 Å². The van der Waals surface area contributed by atoms with Crippen molar-refractivity contribution in [3.8, 4) is 5.75 Å². The Hall–Kier alpha value is -2.70. The molecule has 0 aliphatic carbocycles. The first kappa shape index (κ1) is 23.5. The average Bonchev–Trinajstić information content (AvgIpc) is 2.86. The number of amides is 1. The molecule has 33 heavy (non-hydrogen) atoms. The van der Waals surface area contributed by atoms with E-state index in [1.807, 2.05) is 29.2 Å². The number of likely N-dealkylation sites (tertiary alicyclic amines) is 1. The quantitative estimate of drug-likeness (QED) is 0.608. The van der Waals surface area contributed by atoms with E-state index in [-0.39, 0.29) is 17.6 Å². The Morgan fingerprint density at radius 1 is 0.879 bits per heavy atom. The van der Waals surface area contributed by atoms with Gasteiger partial charge in [0.25, 0.3) is 0 Å². The van der Waals surface area contributed by atoms with Crippen LogP contribution in [0.15, 0.2) is 48.5 Å². The Morgan fingerprint density at radius 2 is 1.55 bits per heavy atom. The van der Waals surface area contributed by atoms with Gasteiger partial charge < -0.3 is 9.64 Å². The van der Waals surface area contributed by atoms with E-state index < -0.39 is 0 Å². The van der Waals surface area contributed by atoms with Gasteiger partial charge in [-0.25, -0.2) is 0 Å². The van der Waals surface area contributed by atoms with Crippen molar-refractivity contribution < 1.29 is 14.3 Å². The molecule has 176 valence electrons. The van der Waals surface area contributed by atoms with E-state index in [2.05, 4.69) is 41.0 Å². The van der Waals surface area contributed by atoms with Gasteiger partial charge in [-0.1, -0.05) is 24.3 Å². The summed E-state index contributed by atoms with van der Waals surface area (Å²) < 4.78 is 5.18. The van der Waals surface area contributed by atoms with Crippen molar-refractivity contribution in [2.45, 2.75) is 26.3 Å². The molecule has 2 aromatic carbocycles. The van der Waals surface area contributed by atoms with Crippen LogP contribution in [0.4, 0.5) is 0 Å². The number of ketones is 1. The lowest BCUT2D eigenvalue weighted by Gasteiger charge is -2.37. The molecule has 2 heterocycles. The van der Waals surface area contributed by atoms with Gasteiger partial charge in [0.1, 0.15) is 5.75 Å². The molecule has 0 N–H and O–H groups in total. The Bertz CT molecular complexity index is 943. The lowest BCUT2D eigenvalue weighted by atomic mass is 9.89. The minimum Gasteiger partial charge on any atom is -0.497 e. The molecule has 0 aromatic heterocycles. The lowest BCUT2D eigenvalue weighted by molar-refractivity contribution is -0.134. The van der Waals surface area contributed by atoms with E-state index >= 15 is 0 Å². The molecule has 6 heteroatoms. The summed E-state index contributed by atoms with van der Waals surface area (Å²) in [5.74, 6) is 1.21. The zero-order valence-corrected chi connectivity index (χ0v) is 19.8. The van der Waals surface area contributed by atoms with Crippen LogP contribution in [0, 0.1) is 12.8 Å². The number of carbonyl (C=O) groups excluding carboxylic acids is 2. The summed E-state index contributed by atoms with van der Waals surface area (Å²) in [6, 6.07) is 15.9. The topological polar surface area (TPSA) is 53.1 Å². The van der Waals surface area contributed by atoms with E-state index in [0.29, 0.717) is 6.54 Å². The smallest absolute Gasteiger partial charge is 0.236 e. The highest BCUT2D eigenvalue weighted by Crippen LogP contribution is 2.23. The largest absolute Gasteiger partial charge is 0.497 e. The summed E-state index contributed by atoms with van der Waals surface area (Å²) in [5, 5.41) is 0. The van der Waals surface area contributed by atoms with E-state index in [9.17, 15) is 9.59 Å². The zero-order valence-electron chi connectivity index (χ0n) is 19.8. The van der Waals surface area contributed by atoms with Gasteiger partial charge in [0.15, 0.2) is 5.78 Å². The minimum atomic E-state index is 0.0368. The molecule has 2 aromatic rings. The molecule has 0 radical (unpaired) electrons. The molecule has 6 nitrogen and oxygen atoms in total. The fourth-order valence-electron chi connectivity index (χ4n) is 4.82. The van der Waals surface area contributed by atoms with Crippen LogP contribution in [0.3, 0.4) is 0 Å². The number of hydrogen-bond acceptors (Lipinski definition) is 5. The summed E-state index contributed by atoms with van der Waals surface area (Å²) in [7, 11) is 1.62. The molecule has 2 aliphatic heterocycles. The van der Waals surface area contributed by atoms with Gasteiger partial charge in [-0.2, -0.15) is 0 Å². The van der Waals surface area contributed by atoms with Crippen LogP contribution in [-0.2, 0) is 11.3 Å². The molecule has 0 unspecified atom stereocenters. The minimum absolute atomic E-state index is 0.0368. The Kier molecular flexibility index (Phi) is 7.78. The third-order valence-electron chi connectivity index (χ3n) is 7.07. The maximum Gasteiger partial charge on any atom is 0.236 e. The van der Waals surface area contributed by atoms with Crippen LogP contribution >= 0.6 is 0 Å². The van der Waals surface area contributed by atoms with Gasteiger partial charge in [-0.05, 0) is 68.2 Å². The second-order valence-corrected chi connectivity index (χ2v) is 9.23. The lowest BCUT2D eigenvalue weighted by Crippen LogP contribution is -2.51. The van der Waals surface area contributed by atoms with Crippen LogP contribution in [-0.4, -0.2) is 79.3 Å². The monoisotopic (exact) mass is 449 g/mol. The van der Waals surface area contributed by atoms with Crippen LogP contribution in [0.5, 0.6) is 5.75 Å². The molecule has 0 saturated carbocycles. The molecular weight excluding hydrogens is 414 g/mol. The highest BCUT2D eigenvalue weighted by molar-refractivity contribution is 5.98. The first-order valence-electron chi connectivity index (χ1n) is 12.0. The van der Waals surface area contributed by atoms with Gasteiger partial charge in [0.2, 0.25) is 5.91 Å². The number of rotatable bonds is 7. The third kappa shape index (κ3) is 6.01. The van der Waals surface area contributed by atoms with Crippen LogP contribution in [0.2, 0.25) is 0 Å². The average molecular weight is 450 g/mol. The van der Waals surface area contributed by atoms with E-state index in [0.717, 1.165) is 70.0 Å². The number of nitrogens with zero attached hydrogens (tertiary/aromatic N) is 3. The normalized spacial score (nSPS) is 18.3. The fraction of sp³-hybridized carbons (Fsp3) is 0.481. The van der Waals surface area contributed by atoms with E-state index in [1.165, 1.54) is 11.1 Å². The van der Waals surface area contributed by atoms with Crippen LogP contribution < -0.4 is 4.74 Å². The number of Topliss-reactive ketones (excluding diaryl/α,β-unsaturated/α-hetero) is 1. The number of benzene rings is 2. The first-order valence-corrected chi connectivity index (χ1v) is 12.0. The molecule has 2 aliphatic rings.